The van der Waals surface area contributed by atoms with Crippen LogP contribution in [0, 0.1) is 11.8 Å². The van der Waals surface area contributed by atoms with E-state index in [9.17, 15) is 36.0 Å². The predicted octanol–water partition coefficient (Wildman–Crippen LogP) is 9.95. The Morgan fingerprint density at radius 2 is 1.03 bits per heavy atom. The fraction of sp³-hybridized carbons (Fsp3) is 0.172. The topological polar surface area (TPSA) is 262 Å². The van der Waals surface area contributed by atoms with E-state index in [0.717, 1.165) is 55.7 Å². The highest BCUT2D eigenvalue weighted by atomic mass is 35.5. The minimum Gasteiger partial charge on any atom is -0.347 e. The molecule has 8 N–H and O–H groups in total. The number of carbonyl (C=O) groups is 4. The van der Waals surface area contributed by atoms with E-state index in [0.29, 0.717) is 19.5 Å². The highest BCUT2D eigenvalue weighted by Gasteiger charge is 2.33. The zero-order chi connectivity index (χ0) is 53.4. The van der Waals surface area contributed by atoms with Crippen molar-refractivity contribution >= 4 is 89.8 Å². The van der Waals surface area contributed by atoms with Crippen LogP contribution in [0.1, 0.15) is 96.4 Å². The van der Waals surface area contributed by atoms with Crippen LogP contribution in [0.3, 0.4) is 0 Å². The molecule has 0 fully saturated rings. The highest BCUT2D eigenvalue weighted by molar-refractivity contribution is 7.92. The number of nitrogens with zero attached hydrogens (tertiary/aromatic N) is 2. The van der Waals surface area contributed by atoms with Crippen molar-refractivity contribution in [1.82, 2.24) is 20.6 Å². The molecule has 79 heavy (non-hydrogen) atoms. The average molecular weight is 1160 g/mol. The molecule has 2 aliphatic heterocycles. The van der Waals surface area contributed by atoms with Crippen molar-refractivity contribution in [1.29, 1.82) is 0 Å². The van der Waals surface area contributed by atoms with Gasteiger partial charge in [-0.1, -0.05) is 87.4 Å². The number of rotatable bonds is 13. The molecular weight excluding hydrogens is 1100 g/mol. The number of fused-ring (bicyclic) bond motifs is 4. The molecule has 2 aliphatic rings. The van der Waals surface area contributed by atoms with E-state index in [4.69, 9.17) is 11.5 Å². The first-order valence-electron chi connectivity index (χ1n) is 23.9. The lowest BCUT2D eigenvalue weighted by atomic mass is 10.1. The summed E-state index contributed by atoms with van der Waals surface area (Å²) in [4.78, 5) is 61.5. The lowest BCUT2D eigenvalue weighted by Crippen LogP contribution is -2.22. The van der Waals surface area contributed by atoms with Gasteiger partial charge in [0.1, 0.15) is 10.0 Å². The Balaban J connectivity index is 0.000000246. The van der Waals surface area contributed by atoms with Crippen LogP contribution in [0.5, 0.6) is 0 Å². The summed E-state index contributed by atoms with van der Waals surface area (Å²) < 4.78 is 52.6. The summed E-state index contributed by atoms with van der Waals surface area (Å²) in [6, 6.07) is 36.5. The maximum Gasteiger partial charge on any atom is 0.257 e. The molecule has 0 saturated carbocycles. The maximum absolute atomic E-state index is 13.1. The SMILES string of the molecule is C.C.Cl.NCCC#Cc1ccc(-c2ncc(CNC(=O)c3ccc4c(c3)NC(=O)c3ccccc3S4(=O)=O)s2)cc1.NCCCCc1ccc(-c2ncc(CNC(=O)c3ccc4c(c3)NC(=O)c3ccccc3S4(=O)=O)s2)cc1. The Morgan fingerprint density at radius 3 is 1.48 bits per heavy atom. The summed E-state index contributed by atoms with van der Waals surface area (Å²) in [5.74, 6) is 4.18. The largest absolute Gasteiger partial charge is 0.347 e. The third kappa shape index (κ3) is 13.7. The number of halogens is 1. The van der Waals surface area contributed by atoms with Gasteiger partial charge in [0.25, 0.3) is 23.6 Å². The van der Waals surface area contributed by atoms with Crippen LogP contribution in [-0.4, -0.2) is 63.5 Å². The first-order chi connectivity index (χ1) is 36.7. The second-order valence-corrected chi connectivity index (χ2v) is 23.3. The molecule has 16 nitrogen and oxygen atoms in total. The summed E-state index contributed by atoms with van der Waals surface area (Å²) >= 11 is 2.94. The van der Waals surface area contributed by atoms with Gasteiger partial charge in [0.2, 0.25) is 19.7 Å². The zero-order valence-corrected chi connectivity index (χ0v) is 45.0. The van der Waals surface area contributed by atoms with Gasteiger partial charge in [0.05, 0.1) is 55.2 Å². The second kappa shape index (κ2) is 26.7. The third-order valence-corrected chi connectivity index (χ3v) is 17.9. The molecule has 0 saturated heterocycles. The van der Waals surface area contributed by atoms with Crippen LogP contribution in [0.4, 0.5) is 11.4 Å². The molecule has 21 heteroatoms. The summed E-state index contributed by atoms with van der Waals surface area (Å²) in [6.07, 6.45) is 7.16. The molecule has 4 heterocycles. The van der Waals surface area contributed by atoms with Crippen molar-refractivity contribution in [3.05, 3.63) is 189 Å². The monoisotopic (exact) mass is 1160 g/mol. The van der Waals surface area contributed by atoms with Gasteiger partial charge >= 0.3 is 0 Å². The van der Waals surface area contributed by atoms with Gasteiger partial charge in [-0.2, -0.15) is 0 Å². The molecule has 0 atom stereocenters. The maximum atomic E-state index is 13.1. The van der Waals surface area contributed by atoms with Gasteiger partial charge in [-0.3, -0.25) is 19.2 Å². The number of nitrogens with one attached hydrogen (secondary N) is 4. The van der Waals surface area contributed by atoms with Crippen LogP contribution in [0.2, 0.25) is 0 Å². The second-order valence-electron chi connectivity index (χ2n) is 17.3. The number of sulfone groups is 2. The van der Waals surface area contributed by atoms with E-state index in [-0.39, 0.29) is 93.6 Å². The molecule has 4 amide bonds. The molecule has 0 spiro atoms. The molecular formula is C58H57ClN8O8S4. The fourth-order valence-electron chi connectivity index (χ4n) is 8.20. The van der Waals surface area contributed by atoms with E-state index in [1.54, 1.807) is 36.7 Å². The van der Waals surface area contributed by atoms with Gasteiger partial charge in [-0.05, 0) is 104 Å². The van der Waals surface area contributed by atoms with Crippen molar-refractivity contribution in [3.8, 4) is 33.0 Å². The molecule has 10 rings (SSSR count). The number of carbonyl (C=O) groups excluding carboxylic acids is 4. The number of nitrogens with two attached hydrogens (primary N) is 2. The third-order valence-electron chi connectivity index (χ3n) is 12.1. The number of aromatic nitrogens is 2. The molecule has 0 radical (unpaired) electrons. The van der Waals surface area contributed by atoms with Gasteiger partial charge < -0.3 is 32.7 Å². The Bertz CT molecular complexity index is 3840. The van der Waals surface area contributed by atoms with Gasteiger partial charge in [-0.25, -0.2) is 26.8 Å². The number of hydrogen-bond acceptors (Lipinski definition) is 14. The molecule has 0 aliphatic carbocycles. The van der Waals surface area contributed by atoms with E-state index in [1.807, 2.05) is 24.3 Å². The Hall–Kier alpha value is -7.87. The van der Waals surface area contributed by atoms with Crippen LogP contribution >= 0.6 is 35.1 Å². The lowest BCUT2D eigenvalue weighted by Gasteiger charge is -2.10. The first kappa shape index (κ1) is 60.4. The van der Waals surface area contributed by atoms with E-state index < -0.39 is 43.3 Å². The smallest absolute Gasteiger partial charge is 0.257 e. The minimum absolute atomic E-state index is 0. The van der Waals surface area contributed by atoms with Crippen molar-refractivity contribution in [2.45, 2.75) is 73.2 Å². The lowest BCUT2D eigenvalue weighted by molar-refractivity contribution is 0.0943. The minimum atomic E-state index is -3.94. The standard InChI is InChI=1S/C28H26N4O4S2.C28H22N4O4S2.2CH4.ClH/c2*29-14-4-3-5-18-8-10-19(11-9-18)28-31-17-21(37-28)16-30-26(33)20-12-13-25-23(15-20)32-27(34)22-6-1-2-7-24(22)38(25,35)36;;;/h1-2,6-13,15,17H,3-5,14,16,29H2,(H,30,33)(H,32,34);1-2,6-13,15,17H,4,14,16,29H2,(H,30,33)(H,32,34);2*1H4;1H. The Kier molecular flexibility index (Phi) is 20.4. The fourth-order valence-corrected chi connectivity index (χ4v) is 13.1. The summed E-state index contributed by atoms with van der Waals surface area (Å²) in [7, 11) is -7.86. The molecule has 0 unspecified atom stereocenters. The number of unbranched alkanes of at least 4 members (excludes halogenated alkanes) is 1. The van der Waals surface area contributed by atoms with Crippen molar-refractivity contribution in [3.63, 3.8) is 0 Å². The summed E-state index contributed by atoms with van der Waals surface area (Å²) in [5, 5.41) is 12.6. The van der Waals surface area contributed by atoms with Crippen LogP contribution in [0.25, 0.3) is 21.1 Å². The zero-order valence-electron chi connectivity index (χ0n) is 40.9. The number of anilines is 2. The Morgan fingerprint density at radius 1 is 0.570 bits per heavy atom. The van der Waals surface area contributed by atoms with Crippen LogP contribution in [-0.2, 0) is 39.2 Å². The molecule has 6 aromatic carbocycles. The number of hydrogen-bond donors (Lipinski definition) is 6. The van der Waals surface area contributed by atoms with Crippen molar-refractivity contribution in [2.24, 2.45) is 11.5 Å². The van der Waals surface area contributed by atoms with Gasteiger partial charge in [0, 0.05) is 62.9 Å². The highest BCUT2D eigenvalue weighted by Crippen LogP contribution is 2.36. The Labute approximate surface area is 473 Å². The molecule has 2 aromatic heterocycles. The molecule has 0 bridgehead atoms. The summed E-state index contributed by atoms with van der Waals surface area (Å²) in [5.41, 5.74) is 15.9. The summed E-state index contributed by atoms with van der Waals surface area (Å²) in [6.45, 7) is 1.74. The van der Waals surface area contributed by atoms with E-state index in [2.05, 4.69) is 67.3 Å². The van der Waals surface area contributed by atoms with Gasteiger partial charge in [0.15, 0.2) is 0 Å². The number of amides is 4. The van der Waals surface area contributed by atoms with Crippen LogP contribution in [0.15, 0.2) is 165 Å². The van der Waals surface area contributed by atoms with Gasteiger partial charge in [-0.15, -0.1) is 35.1 Å². The number of thiazole rings is 2. The number of benzene rings is 6. The average Bonchev–Trinajstić information content (AvgIpc) is 4.23. The quantitative estimate of drug-likeness (QED) is 0.0465. The normalized spacial score (nSPS) is 12.9. The van der Waals surface area contributed by atoms with E-state index >= 15 is 0 Å². The van der Waals surface area contributed by atoms with Crippen molar-refractivity contribution < 1.29 is 36.0 Å². The van der Waals surface area contributed by atoms with Crippen molar-refractivity contribution in [2.75, 3.05) is 23.7 Å². The predicted molar refractivity (Wildman–Crippen MR) is 313 cm³/mol. The number of aryl methyl sites for hydroxylation is 1. The van der Waals surface area contributed by atoms with Crippen LogP contribution < -0.4 is 32.7 Å². The molecule has 408 valence electrons. The van der Waals surface area contributed by atoms with E-state index in [1.165, 1.54) is 88.9 Å². The molecule has 8 aromatic rings. The first-order valence-corrected chi connectivity index (χ1v) is 28.5.